The van der Waals surface area contributed by atoms with Gasteiger partial charge in [0.2, 0.25) is 5.67 Å². The number of rotatable bonds is 2. The maximum atomic E-state index is 15.1. The number of amides is 1. The lowest BCUT2D eigenvalue weighted by Crippen LogP contribution is -2.47. The van der Waals surface area contributed by atoms with Crippen molar-refractivity contribution >= 4 is 5.91 Å². The molecule has 3 heterocycles. The molecule has 1 aliphatic rings. The molecular weight excluding hydrogens is 277 g/mol. The first kappa shape index (κ1) is 13.7. The molecule has 1 atom stereocenters. The number of piperidine rings is 1. The zero-order valence-corrected chi connectivity index (χ0v) is 11.9. The molecule has 1 saturated heterocycles. The van der Waals surface area contributed by atoms with Crippen LogP contribution in [0.5, 0.6) is 0 Å². The Hall–Kier alpha value is -2.25. The average Bonchev–Trinajstić information content (AvgIpc) is 3.07. The van der Waals surface area contributed by atoms with Gasteiger partial charge in [-0.25, -0.2) is 9.37 Å². The summed E-state index contributed by atoms with van der Waals surface area (Å²) in [7, 11) is 1.73. The maximum Gasteiger partial charge on any atom is 0.289 e. The fourth-order valence-corrected chi connectivity index (χ4v) is 2.55. The molecule has 1 aliphatic heterocycles. The Bertz CT molecular complexity index is 667. The summed E-state index contributed by atoms with van der Waals surface area (Å²) in [6.45, 7) is 2.03. The molecule has 8 heteroatoms. The number of alkyl halides is 1. The largest absolute Gasteiger partial charge is 0.336 e. The molecule has 3 rings (SSSR count). The van der Waals surface area contributed by atoms with Gasteiger partial charge < -0.3 is 14.0 Å². The van der Waals surface area contributed by atoms with Crippen LogP contribution in [0, 0.1) is 6.92 Å². The van der Waals surface area contributed by atoms with Gasteiger partial charge in [0.25, 0.3) is 11.8 Å². The van der Waals surface area contributed by atoms with E-state index in [1.165, 1.54) is 4.90 Å². The van der Waals surface area contributed by atoms with E-state index < -0.39 is 5.67 Å². The molecule has 0 aromatic carbocycles. The zero-order valence-electron chi connectivity index (χ0n) is 11.9. The first-order chi connectivity index (χ1) is 9.99. The lowest BCUT2D eigenvalue weighted by molar-refractivity contribution is 0.0144. The number of imidazole rings is 1. The van der Waals surface area contributed by atoms with Crippen LogP contribution < -0.4 is 0 Å². The van der Waals surface area contributed by atoms with Crippen LogP contribution in [-0.2, 0) is 12.7 Å². The summed E-state index contributed by atoms with van der Waals surface area (Å²) in [5.74, 6) is 0.327. The monoisotopic (exact) mass is 293 g/mol. The first-order valence-electron chi connectivity index (χ1n) is 6.76. The van der Waals surface area contributed by atoms with Gasteiger partial charge in [0.1, 0.15) is 0 Å². The molecule has 112 valence electrons. The number of nitrogens with zero attached hydrogens (tertiary/aromatic N) is 5. The summed E-state index contributed by atoms with van der Waals surface area (Å²) >= 11 is 0. The van der Waals surface area contributed by atoms with E-state index in [2.05, 4.69) is 15.1 Å². The SMILES string of the molecule is Cc1noc(C2(F)CCCN(C(=O)c3nccn3C)C2)n1. The third-order valence-electron chi connectivity index (χ3n) is 3.65. The lowest BCUT2D eigenvalue weighted by Gasteiger charge is -2.34. The summed E-state index contributed by atoms with van der Waals surface area (Å²) < 4.78 is 21.6. The topological polar surface area (TPSA) is 77.0 Å². The zero-order chi connectivity index (χ0) is 15.0. The molecule has 2 aromatic rings. The number of halogens is 1. The molecule has 7 nitrogen and oxygen atoms in total. The van der Waals surface area contributed by atoms with Crippen molar-refractivity contribution in [1.82, 2.24) is 24.6 Å². The second kappa shape index (κ2) is 4.94. The summed E-state index contributed by atoms with van der Waals surface area (Å²) in [6, 6.07) is 0. The minimum absolute atomic E-state index is 0.0580. The molecule has 0 aliphatic carbocycles. The summed E-state index contributed by atoms with van der Waals surface area (Å²) in [6.07, 6.45) is 4.02. The van der Waals surface area contributed by atoms with Crippen molar-refractivity contribution in [3.8, 4) is 0 Å². The number of likely N-dealkylation sites (tertiary alicyclic amines) is 1. The summed E-state index contributed by atoms with van der Waals surface area (Å²) in [5.41, 5.74) is -1.79. The van der Waals surface area contributed by atoms with Gasteiger partial charge in [-0.2, -0.15) is 4.98 Å². The Balaban J connectivity index is 1.83. The van der Waals surface area contributed by atoms with Crippen LogP contribution in [0.1, 0.15) is 35.2 Å². The maximum absolute atomic E-state index is 15.1. The fraction of sp³-hybridized carbons (Fsp3) is 0.538. The van der Waals surface area contributed by atoms with Crippen LogP contribution in [0.25, 0.3) is 0 Å². The lowest BCUT2D eigenvalue weighted by atomic mass is 9.94. The van der Waals surface area contributed by atoms with Crippen LogP contribution >= 0.6 is 0 Å². The predicted molar refractivity (Wildman–Crippen MR) is 70.2 cm³/mol. The van der Waals surface area contributed by atoms with E-state index in [4.69, 9.17) is 4.52 Å². The van der Waals surface area contributed by atoms with Gasteiger partial charge in [-0.05, 0) is 19.8 Å². The van der Waals surface area contributed by atoms with Crippen molar-refractivity contribution in [3.05, 3.63) is 29.9 Å². The molecule has 0 N–H and O–H groups in total. The molecular formula is C13H16FN5O2. The van der Waals surface area contributed by atoms with E-state index in [1.807, 2.05) is 0 Å². The van der Waals surface area contributed by atoms with Crippen LogP contribution in [0.15, 0.2) is 16.9 Å². The molecule has 1 fully saturated rings. The van der Waals surface area contributed by atoms with Gasteiger partial charge in [-0.1, -0.05) is 5.16 Å². The molecule has 1 amide bonds. The van der Waals surface area contributed by atoms with Crippen molar-refractivity contribution in [2.45, 2.75) is 25.4 Å². The van der Waals surface area contributed by atoms with Crippen LogP contribution in [-0.4, -0.2) is 43.6 Å². The third kappa shape index (κ3) is 2.41. The highest BCUT2D eigenvalue weighted by Gasteiger charge is 2.44. The second-order valence-corrected chi connectivity index (χ2v) is 5.30. The Morgan fingerprint density at radius 3 is 2.95 bits per heavy atom. The van der Waals surface area contributed by atoms with E-state index >= 15 is 4.39 Å². The van der Waals surface area contributed by atoms with Gasteiger partial charge in [0.15, 0.2) is 11.6 Å². The van der Waals surface area contributed by atoms with Gasteiger partial charge in [0, 0.05) is 26.0 Å². The highest BCUT2D eigenvalue weighted by atomic mass is 19.1. The summed E-state index contributed by atoms with van der Waals surface area (Å²) in [4.78, 5) is 21.8. The van der Waals surface area contributed by atoms with Crippen molar-refractivity contribution in [3.63, 3.8) is 0 Å². The Labute approximate surface area is 120 Å². The van der Waals surface area contributed by atoms with Crippen molar-refractivity contribution in [2.75, 3.05) is 13.1 Å². The number of aryl methyl sites for hydroxylation is 2. The molecule has 0 radical (unpaired) electrons. The standard InChI is InChI=1S/C13H16FN5O2/c1-9-16-12(21-17-9)13(14)4-3-6-19(8-13)11(20)10-15-5-7-18(10)2/h5,7H,3-4,6,8H2,1-2H3. The van der Waals surface area contributed by atoms with Crippen LogP contribution in [0.2, 0.25) is 0 Å². The van der Waals surface area contributed by atoms with Gasteiger partial charge >= 0.3 is 0 Å². The Morgan fingerprint density at radius 1 is 1.52 bits per heavy atom. The minimum atomic E-state index is -1.79. The number of carbonyl (C=O) groups is 1. The first-order valence-corrected chi connectivity index (χ1v) is 6.76. The average molecular weight is 293 g/mol. The molecule has 1 unspecified atom stereocenters. The predicted octanol–water partition coefficient (Wildman–Crippen LogP) is 1.21. The molecule has 2 aromatic heterocycles. The van der Waals surface area contributed by atoms with Crippen LogP contribution in [0.3, 0.4) is 0 Å². The fourth-order valence-electron chi connectivity index (χ4n) is 2.55. The smallest absolute Gasteiger partial charge is 0.289 e. The van der Waals surface area contributed by atoms with E-state index in [1.54, 1.807) is 30.9 Å². The number of hydrogen-bond acceptors (Lipinski definition) is 5. The number of aromatic nitrogens is 4. The Morgan fingerprint density at radius 2 is 2.33 bits per heavy atom. The minimum Gasteiger partial charge on any atom is -0.336 e. The van der Waals surface area contributed by atoms with Gasteiger partial charge in [-0.3, -0.25) is 4.79 Å². The third-order valence-corrected chi connectivity index (χ3v) is 3.65. The highest BCUT2D eigenvalue weighted by molar-refractivity contribution is 5.91. The molecule has 0 bridgehead atoms. The van der Waals surface area contributed by atoms with Crippen molar-refractivity contribution < 1.29 is 13.7 Å². The van der Waals surface area contributed by atoms with Crippen LogP contribution in [0.4, 0.5) is 4.39 Å². The second-order valence-electron chi connectivity index (χ2n) is 5.30. The molecule has 21 heavy (non-hydrogen) atoms. The number of hydrogen-bond donors (Lipinski definition) is 0. The Kier molecular flexibility index (Phi) is 3.23. The van der Waals surface area contributed by atoms with Gasteiger partial charge in [-0.15, -0.1) is 0 Å². The quantitative estimate of drug-likeness (QED) is 0.832. The van der Waals surface area contributed by atoms with E-state index in [0.717, 1.165) is 0 Å². The van der Waals surface area contributed by atoms with E-state index in [9.17, 15) is 4.79 Å². The number of carbonyl (C=O) groups excluding carboxylic acids is 1. The van der Waals surface area contributed by atoms with Crippen molar-refractivity contribution in [2.24, 2.45) is 7.05 Å². The summed E-state index contributed by atoms with van der Waals surface area (Å²) in [5, 5.41) is 3.62. The highest BCUT2D eigenvalue weighted by Crippen LogP contribution is 2.34. The van der Waals surface area contributed by atoms with E-state index in [0.29, 0.717) is 24.6 Å². The van der Waals surface area contributed by atoms with Crippen molar-refractivity contribution in [1.29, 1.82) is 0 Å². The van der Waals surface area contributed by atoms with Gasteiger partial charge in [0.05, 0.1) is 6.54 Å². The van der Waals surface area contributed by atoms with E-state index in [-0.39, 0.29) is 24.8 Å². The molecule has 0 spiro atoms. The molecule has 0 saturated carbocycles. The normalized spacial score (nSPS) is 22.5.